The second-order valence-electron chi connectivity index (χ2n) is 8.72. The number of fused-ring (bicyclic) bond motifs is 1. The van der Waals surface area contributed by atoms with Crippen LogP contribution in [0, 0.1) is 5.92 Å². The van der Waals surface area contributed by atoms with Crippen LogP contribution in [0.3, 0.4) is 0 Å². The Hall–Kier alpha value is -2.18. The Kier molecular flexibility index (Phi) is 6.01. The van der Waals surface area contributed by atoms with Crippen LogP contribution in [-0.4, -0.2) is 44.7 Å². The SMILES string of the molecule is CCCC(=O)N1CCCCC1c1nc2c(c(=O)[nH]1)CN(C(=O)C1CCCC1)CC2. The summed E-state index contributed by atoms with van der Waals surface area (Å²) in [4.78, 5) is 49.7. The van der Waals surface area contributed by atoms with Crippen molar-refractivity contribution < 1.29 is 9.59 Å². The summed E-state index contributed by atoms with van der Waals surface area (Å²) in [5, 5.41) is 0. The highest BCUT2D eigenvalue weighted by atomic mass is 16.2. The standard InChI is InChI=1S/C22H32N4O3/c1-2-7-19(27)26-12-6-5-10-18(26)20-23-17-11-13-25(14-16(17)21(28)24-20)22(29)15-8-3-4-9-15/h15,18H,2-14H2,1H3,(H,23,24,28). The number of piperidine rings is 1. The van der Waals surface area contributed by atoms with Crippen LogP contribution in [0.4, 0.5) is 0 Å². The van der Waals surface area contributed by atoms with Gasteiger partial charge in [-0.3, -0.25) is 14.4 Å². The molecule has 1 atom stereocenters. The van der Waals surface area contributed by atoms with Gasteiger partial charge in [0.1, 0.15) is 5.82 Å². The monoisotopic (exact) mass is 400 g/mol. The molecule has 7 heteroatoms. The lowest BCUT2D eigenvalue weighted by atomic mass is 9.99. The highest BCUT2D eigenvalue weighted by Gasteiger charge is 2.33. The maximum absolute atomic E-state index is 12.9. The third-order valence-corrected chi connectivity index (χ3v) is 6.71. The van der Waals surface area contributed by atoms with E-state index >= 15 is 0 Å². The van der Waals surface area contributed by atoms with Crippen LogP contribution in [-0.2, 0) is 22.6 Å². The lowest BCUT2D eigenvalue weighted by Crippen LogP contribution is -2.43. The number of carbonyl (C=O) groups excluding carboxylic acids is 2. The highest BCUT2D eigenvalue weighted by Crippen LogP contribution is 2.31. The smallest absolute Gasteiger partial charge is 0.256 e. The first kappa shape index (κ1) is 20.1. The molecular formula is C22H32N4O3. The van der Waals surface area contributed by atoms with E-state index in [2.05, 4.69) is 4.98 Å². The Morgan fingerprint density at radius 3 is 2.62 bits per heavy atom. The van der Waals surface area contributed by atoms with Crippen LogP contribution in [0.25, 0.3) is 0 Å². The van der Waals surface area contributed by atoms with Crippen LogP contribution in [0.1, 0.15) is 87.8 Å². The Bertz CT molecular complexity index is 828. The maximum atomic E-state index is 12.9. The average Bonchev–Trinajstić information content (AvgIpc) is 3.28. The predicted octanol–water partition coefficient (Wildman–Crippen LogP) is 2.70. The van der Waals surface area contributed by atoms with Gasteiger partial charge in [0.05, 0.1) is 23.8 Å². The molecule has 1 aliphatic carbocycles. The van der Waals surface area contributed by atoms with Gasteiger partial charge in [-0.05, 0) is 38.5 Å². The summed E-state index contributed by atoms with van der Waals surface area (Å²) >= 11 is 0. The molecule has 4 rings (SSSR count). The van der Waals surface area contributed by atoms with E-state index < -0.39 is 0 Å². The summed E-state index contributed by atoms with van der Waals surface area (Å²) in [6.45, 7) is 3.72. The number of nitrogens with one attached hydrogen (secondary N) is 1. The first-order valence-corrected chi connectivity index (χ1v) is 11.3. The van der Waals surface area contributed by atoms with Gasteiger partial charge >= 0.3 is 0 Å². The lowest BCUT2D eigenvalue weighted by molar-refractivity contribution is -0.136. The molecule has 0 bridgehead atoms. The molecule has 1 aromatic rings. The third kappa shape index (κ3) is 4.09. The number of nitrogens with zero attached hydrogens (tertiary/aromatic N) is 3. The minimum atomic E-state index is -0.151. The number of hydrogen-bond acceptors (Lipinski definition) is 4. The number of hydrogen-bond donors (Lipinski definition) is 1. The molecule has 3 heterocycles. The van der Waals surface area contributed by atoms with E-state index in [-0.39, 0.29) is 29.3 Å². The molecule has 2 amide bonds. The van der Waals surface area contributed by atoms with Crippen molar-refractivity contribution in [3.05, 3.63) is 27.4 Å². The predicted molar refractivity (Wildman–Crippen MR) is 109 cm³/mol. The molecule has 0 spiro atoms. The van der Waals surface area contributed by atoms with Crippen molar-refractivity contribution in [2.75, 3.05) is 13.1 Å². The molecule has 29 heavy (non-hydrogen) atoms. The Morgan fingerprint density at radius 2 is 1.86 bits per heavy atom. The van der Waals surface area contributed by atoms with E-state index in [1.54, 1.807) is 0 Å². The van der Waals surface area contributed by atoms with Crippen LogP contribution < -0.4 is 5.56 Å². The van der Waals surface area contributed by atoms with Crippen molar-refractivity contribution in [1.82, 2.24) is 19.8 Å². The summed E-state index contributed by atoms with van der Waals surface area (Å²) in [6, 6.07) is -0.140. The quantitative estimate of drug-likeness (QED) is 0.842. The van der Waals surface area contributed by atoms with Crippen LogP contribution >= 0.6 is 0 Å². The minimum Gasteiger partial charge on any atom is -0.337 e. The van der Waals surface area contributed by atoms with E-state index in [1.165, 1.54) is 0 Å². The van der Waals surface area contributed by atoms with Gasteiger partial charge in [0, 0.05) is 31.8 Å². The molecule has 1 aromatic heterocycles. The average molecular weight is 401 g/mol. The van der Waals surface area contributed by atoms with Gasteiger partial charge in [-0.2, -0.15) is 0 Å². The Morgan fingerprint density at radius 1 is 1.10 bits per heavy atom. The van der Waals surface area contributed by atoms with E-state index in [0.29, 0.717) is 37.3 Å². The molecule has 0 aromatic carbocycles. The van der Waals surface area contributed by atoms with Gasteiger partial charge in [0.2, 0.25) is 11.8 Å². The zero-order chi connectivity index (χ0) is 20.4. The highest BCUT2D eigenvalue weighted by molar-refractivity contribution is 5.79. The first-order valence-electron chi connectivity index (χ1n) is 11.3. The summed E-state index contributed by atoms with van der Waals surface area (Å²) in [7, 11) is 0. The van der Waals surface area contributed by atoms with E-state index in [4.69, 9.17) is 4.98 Å². The first-order chi connectivity index (χ1) is 14.1. The molecular weight excluding hydrogens is 368 g/mol. The zero-order valence-electron chi connectivity index (χ0n) is 17.4. The van der Waals surface area contributed by atoms with Gasteiger partial charge in [-0.1, -0.05) is 19.8 Å². The number of aromatic nitrogens is 2. The third-order valence-electron chi connectivity index (χ3n) is 6.71. The van der Waals surface area contributed by atoms with Crippen molar-refractivity contribution in [2.45, 2.75) is 83.7 Å². The Labute approximate surface area is 171 Å². The largest absolute Gasteiger partial charge is 0.337 e. The van der Waals surface area contributed by atoms with Gasteiger partial charge in [-0.15, -0.1) is 0 Å². The number of aromatic amines is 1. The molecule has 1 N–H and O–H groups in total. The number of carbonyl (C=O) groups is 2. The van der Waals surface area contributed by atoms with Crippen LogP contribution in [0.5, 0.6) is 0 Å². The van der Waals surface area contributed by atoms with Crippen LogP contribution in [0.2, 0.25) is 0 Å². The van der Waals surface area contributed by atoms with Crippen molar-refractivity contribution in [3.8, 4) is 0 Å². The topological polar surface area (TPSA) is 86.4 Å². The van der Waals surface area contributed by atoms with Gasteiger partial charge in [0.15, 0.2) is 0 Å². The fourth-order valence-electron chi connectivity index (χ4n) is 5.09. The molecule has 158 valence electrons. The fourth-order valence-corrected chi connectivity index (χ4v) is 5.09. The molecule has 0 radical (unpaired) electrons. The van der Waals surface area contributed by atoms with Crippen molar-refractivity contribution in [3.63, 3.8) is 0 Å². The van der Waals surface area contributed by atoms with Gasteiger partial charge in [-0.25, -0.2) is 4.98 Å². The molecule has 2 fully saturated rings. The van der Waals surface area contributed by atoms with E-state index in [9.17, 15) is 14.4 Å². The van der Waals surface area contributed by atoms with Crippen molar-refractivity contribution in [2.24, 2.45) is 5.92 Å². The van der Waals surface area contributed by atoms with Gasteiger partial charge in [0.25, 0.3) is 5.56 Å². The van der Waals surface area contributed by atoms with Crippen molar-refractivity contribution in [1.29, 1.82) is 0 Å². The molecule has 1 unspecified atom stereocenters. The summed E-state index contributed by atoms with van der Waals surface area (Å²) in [5.74, 6) is 1.09. The molecule has 3 aliphatic rings. The normalized spacial score (nSPS) is 22.6. The summed E-state index contributed by atoms with van der Waals surface area (Å²) in [5.41, 5.74) is 1.27. The Balaban J connectivity index is 1.55. The maximum Gasteiger partial charge on any atom is 0.256 e. The number of rotatable bonds is 4. The molecule has 7 nitrogen and oxygen atoms in total. The number of H-pyrrole nitrogens is 1. The fraction of sp³-hybridized carbons (Fsp3) is 0.727. The molecule has 1 saturated heterocycles. The number of likely N-dealkylation sites (tertiary alicyclic amines) is 1. The second kappa shape index (κ2) is 8.67. The van der Waals surface area contributed by atoms with Crippen LogP contribution in [0.15, 0.2) is 4.79 Å². The molecule has 2 aliphatic heterocycles. The molecule has 1 saturated carbocycles. The zero-order valence-corrected chi connectivity index (χ0v) is 17.4. The lowest BCUT2D eigenvalue weighted by Gasteiger charge is -2.36. The minimum absolute atomic E-state index is 0.128. The van der Waals surface area contributed by atoms with E-state index in [1.807, 2.05) is 16.7 Å². The van der Waals surface area contributed by atoms with Gasteiger partial charge < -0.3 is 14.8 Å². The second-order valence-corrected chi connectivity index (χ2v) is 8.72. The van der Waals surface area contributed by atoms with Crippen molar-refractivity contribution >= 4 is 11.8 Å². The summed E-state index contributed by atoms with van der Waals surface area (Å²) in [6.07, 6.45) is 9.03. The summed E-state index contributed by atoms with van der Waals surface area (Å²) < 4.78 is 0. The number of amides is 2. The van der Waals surface area contributed by atoms with E-state index in [0.717, 1.165) is 63.6 Å².